The van der Waals surface area contributed by atoms with Gasteiger partial charge in [-0.3, -0.25) is 0 Å². The van der Waals surface area contributed by atoms with Crippen molar-refractivity contribution in [3.8, 4) is 0 Å². The molecule has 1 atom stereocenters. The number of hydrogen-bond donors (Lipinski definition) is 2. The molecule has 1 heterocycles. The molecule has 0 amide bonds. The Kier molecular flexibility index (Phi) is 12.4. The van der Waals surface area contributed by atoms with Gasteiger partial charge < -0.3 is 10.6 Å². The van der Waals surface area contributed by atoms with Crippen molar-refractivity contribution < 1.29 is 0 Å². The summed E-state index contributed by atoms with van der Waals surface area (Å²) in [5.74, 6) is 3.16. The van der Waals surface area contributed by atoms with Gasteiger partial charge in [0.2, 0.25) is 11.9 Å². The average Bonchev–Trinajstić information content (AvgIpc) is 2.87. The molecule has 0 radical (unpaired) electrons. The van der Waals surface area contributed by atoms with Gasteiger partial charge in [0.1, 0.15) is 5.82 Å². The molecule has 36 heavy (non-hydrogen) atoms. The predicted molar refractivity (Wildman–Crippen MR) is 153 cm³/mol. The van der Waals surface area contributed by atoms with E-state index in [-0.39, 0.29) is 0 Å². The van der Waals surface area contributed by atoms with Crippen LogP contribution in [0.5, 0.6) is 0 Å². The second-order valence-corrected chi connectivity index (χ2v) is 11.8. The molecule has 0 aliphatic heterocycles. The molecule has 0 aromatic carbocycles. The fourth-order valence-electron chi connectivity index (χ4n) is 6.39. The molecule has 2 N–H and O–H groups in total. The maximum Gasteiger partial charge on any atom is 0.227 e. The van der Waals surface area contributed by atoms with Gasteiger partial charge in [0.05, 0.1) is 0 Å². The van der Waals surface area contributed by atoms with Crippen molar-refractivity contribution in [3.63, 3.8) is 0 Å². The Hall–Kier alpha value is -1.65. The highest BCUT2D eigenvalue weighted by Gasteiger charge is 2.21. The fraction of sp³-hybridized carbons (Fsp3) is 0.839. The Bertz CT molecular complexity index is 745. The third kappa shape index (κ3) is 10.0. The Morgan fingerprint density at radius 2 is 0.889 bits per heavy atom. The van der Waals surface area contributed by atoms with Crippen LogP contribution in [0, 0.1) is 0 Å². The van der Waals surface area contributed by atoms with Crippen LogP contribution < -0.4 is 10.6 Å². The van der Waals surface area contributed by atoms with Gasteiger partial charge >= 0.3 is 0 Å². The highest BCUT2D eigenvalue weighted by atomic mass is 15.2. The molecule has 1 aromatic heterocycles. The summed E-state index contributed by atoms with van der Waals surface area (Å²) in [5.41, 5.74) is 0. The molecule has 4 rings (SSSR count). The standard InChI is InChI=1S/C31H53N5/c1-3-10-16-22-27(23-17-11-4-1)32-30-34-29(26-20-14-8-7-9-15-21-26)35-31(36-30)33-28-24-18-12-5-2-6-13-19-25-28/h3,10,26-28H,1-2,4-9,11-25H2,(H2,32,33,34,35,36). The molecular formula is C31H53N5. The van der Waals surface area contributed by atoms with Gasteiger partial charge in [-0.2, -0.15) is 15.0 Å². The van der Waals surface area contributed by atoms with Gasteiger partial charge in [0, 0.05) is 18.0 Å². The molecular weight excluding hydrogens is 442 g/mol. The zero-order valence-corrected chi connectivity index (χ0v) is 23.0. The second kappa shape index (κ2) is 16.2. The number of rotatable bonds is 5. The Labute approximate surface area is 221 Å². The zero-order chi connectivity index (χ0) is 24.7. The molecule has 5 heteroatoms. The smallest absolute Gasteiger partial charge is 0.227 e. The van der Waals surface area contributed by atoms with Crippen molar-refractivity contribution >= 4 is 11.9 Å². The summed E-state index contributed by atoms with van der Waals surface area (Å²) in [6.07, 6.45) is 34.7. The Balaban J connectivity index is 1.50. The first-order chi connectivity index (χ1) is 17.9. The number of hydrogen-bond acceptors (Lipinski definition) is 5. The summed E-state index contributed by atoms with van der Waals surface area (Å²) >= 11 is 0. The van der Waals surface area contributed by atoms with Crippen molar-refractivity contribution in [3.05, 3.63) is 18.0 Å². The van der Waals surface area contributed by atoms with Crippen LogP contribution in [0.1, 0.15) is 159 Å². The largest absolute Gasteiger partial charge is 0.351 e. The molecule has 3 aliphatic rings. The average molecular weight is 496 g/mol. The monoisotopic (exact) mass is 495 g/mol. The molecule has 3 aliphatic carbocycles. The summed E-state index contributed by atoms with van der Waals surface area (Å²) in [6, 6.07) is 0.934. The lowest BCUT2D eigenvalue weighted by molar-refractivity contribution is 0.441. The summed E-state index contributed by atoms with van der Waals surface area (Å²) in [6.45, 7) is 0. The van der Waals surface area contributed by atoms with Crippen LogP contribution in [0.2, 0.25) is 0 Å². The second-order valence-electron chi connectivity index (χ2n) is 11.8. The third-order valence-corrected chi connectivity index (χ3v) is 8.67. The van der Waals surface area contributed by atoms with Crippen molar-refractivity contribution in [2.45, 2.75) is 166 Å². The lowest BCUT2D eigenvalue weighted by atomic mass is 9.90. The molecule has 1 aromatic rings. The lowest BCUT2D eigenvalue weighted by Crippen LogP contribution is -2.25. The number of aromatic nitrogens is 3. The van der Waals surface area contributed by atoms with E-state index in [0.717, 1.165) is 30.6 Å². The van der Waals surface area contributed by atoms with E-state index in [1.165, 1.54) is 135 Å². The van der Waals surface area contributed by atoms with E-state index in [1.807, 2.05) is 0 Å². The molecule has 0 spiro atoms. The van der Waals surface area contributed by atoms with Crippen molar-refractivity contribution in [2.24, 2.45) is 0 Å². The minimum atomic E-state index is 0.446. The van der Waals surface area contributed by atoms with E-state index < -0.39 is 0 Å². The number of nitrogens with zero attached hydrogens (tertiary/aromatic N) is 3. The van der Waals surface area contributed by atoms with Crippen LogP contribution in [0.25, 0.3) is 0 Å². The lowest BCUT2D eigenvalue weighted by Gasteiger charge is -2.24. The van der Waals surface area contributed by atoms with E-state index in [9.17, 15) is 0 Å². The fourth-order valence-corrected chi connectivity index (χ4v) is 6.39. The highest BCUT2D eigenvalue weighted by molar-refractivity contribution is 5.37. The van der Waals surface area contributed by atoms with Gasteiger partial charge in [-0.25, -0.2) is 0 Å². The topological polar surface area (TPSA) is 62.7 Å². The van der Waals surface area contributed by atoms with Gasteiger partial charge in [0.15, 0.2) is 0 Å². The van der Waals surface area contributed by atoms with Crippen molar-refractivity contribution in [1.29, 1.82) is 0 Å². The predicted octanol–water partition coefficient (Wildman–Crippen LogP) is 9.09. The van der Waals surface area contributed by atoms with Crippen LogP contribution >= 0.6 is 0 Å². The highest BCUT2D eigenvalue weighted by Crippen LogP contribution is 2.30. The molecule has 5 nitrogen and oxygen atoms in total. The first-order valence-corrected chi connectivity index (χ1v) is 15.8. The summed E-state index contributed by atoms with van der Waals surface area (Å²) in [5, 5.41) is 7.60. The van der Waals surface area contributed by atoms with E-state index in [0.29, 0.717) is 18.0 Å². The maximum absolute atomic E-state index is 5.09. The minimum Gasteiger partial charge on any atom is -0.351 e. The van der Waals surface area contributed by atoms with E-state index >= 15 is 0 Å². The summed E-state index contributed by atoms with van der Waals surface area (Å²) in [7, 11) is 0. The van der Waals surface area contributed by atoms with Crippen molar-refractivity contribution in [2.75, 3.05) is 10.6 Å². The van der Waals surface area contributed by atoms with Crippen LogP contribution in [-0.2, 0) is 0 Å². The number of anilines is 2. The molecule has 0 bridgehead atoms. The van der Waals surface area contributed by atoms with Crippen LogP contribution in [-0.4, -0.2) is 27.0 Å². The Morgan fingerprint density at radius 1 is 0.444 bits per heavy atom. The minimum absolute atomic E-state index is 0.446. The van der Waals surface area contributed by atoms with Crippen LogP contribution in [0.4, 0.5) is 11.9 Å². The van der Waals surface area contributed by atoms with E-state index in [2.05, 4.69) is 22.8 Å². The van der Waals surface area contributed by atoms with Gasteiger partial charge in [0.25, 0.3) is 0 Å². The summed E-state index contributed by atoms with van der Waals surface area (Å²) < 4.78 is 0. The zero-order valence-electron chi connectivity index (χ0n) is 23.0. The van der Waals surface area contributed by atoms with Gasteiger partial charge in [-0.1, -0.05) is 102 Å². The van der Waals surface area contributed by atoms with Crippen LogP contribution in [0.15, 0.2) is 12.2 Å². The van der Waals surface area contributed by atoms with Crippen LogP contribution in [0.3, 0.4) is 0 Å². The quantitative estimate of drug-likeness (QED) is 0.399. The van der Waals surface area contributed by atoms with E-state index in [4.69, 9.17) is 15.0 Å². The SMILES string of the molecule is C1=CCCC(Nc2nc(NC3CCCCCCCCC3)nc(C3CCCCCCC3)n2)CCCCC1. The molecule has 2 saturated carbocycles. The number of nitrogens with one attached hydrogen (secondary N) is 2. The van der Waals surface area contributed by atoms with Gasteiger partial charge in [-0.05, 0) is 57.8 Å². The number of allylic oxidation sites excluding steroid dienone is 2. The molecule has 0 saturated heterocycles. The first-order valence-electron chi connectivity index (χ1n) is 15.8. The van der Waals surface area contributed by atoms with Crippen molar-refractivity contribution in [1.82, 2.24) is 15.0 Å². The first kappa shape index (κ1) is 27.4. The summed E-state index contributed by atoms with van der Waals surface area (Å²) in [4.78, 5) is 15.2. The Morgan fingerprint density at radius 3 is 1.47 bits per heavy atom. The van der Waals surface area contributed by atoms with Gasteiger partial charge in [-0.15, -0.1) is 0 Å². The third-order valence-electron chi connectivity index (χ3n) is 8.67. The maximum atomic E-state index is 5.09. The molecule has 1 unspecified atom stereocenters. The van der Waals surface area contributed by atoms with E-state index in [1.54, 1.807) is 0 Å². The molecule has 202 valence electrons. The molecule has 2 fully saturated rings. The normalized spacial score (nSPS) is 24.8.